The fourth-order valence-electron chi connectivity index (χ4n) is 3.51. The summed E-state index contributed by atoms with van der Waals surface area (Å²) in [6, 6.07) is 10.8. The summed E-state index contributed by atoms with van der Waals surface area (Å²) < 4.78 is 1.93. The third kappa shape index (κ3) is 2.71. The first-order chi connectivity index (χ1) is 11.6. The number of aliphatic hydroxyl groups is 1. The molecule has 0 aliphatic heterocycles. The van der Waals surface area contributed by atoms with Gasteiger partial charge in [0.2, 0.25) is 0 Å². The summed E-state index contributed by atoms with van der Waals surface area (Å²) in [6.07, 6.45) is 1.00. The number of aryl methyl sites for hydroxylation is 3. The SMILES string of the molecule is CCC(c1ccc(C)c(CO)c1)c1ccc2c(nnn2CC)c1C. The zero-order valence-corrected chi connectivity index (χ0v) is 14.9. The Morgan fingerprint density at radius 3 is 2.58 bits per heavy atom. The molecule has 1 unspecified atom stereocenters. The summed E-state index contributed by atoms with van der Waals surface area (Å²) in [7, 11) is 0. The Hall–Kier alpha value is -2.20. The number of benzene rings is 2. The van der Waals surface area contributed by atoms with Gasteiger partial charge in [-0.15, -0.1) is 5.10 Å². The molecule has 0 bridgehead atoms. The second-order valence-corrected chi connectivity index (χ2v) is 6.36. The summed E-state index contributed by atoms with van der Waals surface area (Å²) in [6.45, 7) is 9.36. The molecule has 0 radical (unpaired) electrons. The number of nitrogens with zero attached hydrogens (tertiary/aromatic N) is 3. The average Bonchev–Trinajstić information content (AvgIpc) is 3.02. The van der Waals surface area contributed by atoms with Crippen LogP contribution in [0.5, 0.6) is 0 Å². The minimum Gasteiger partial charge on any atom is -0.392 e. The summed E-state index contributed by atoms with van der Waals surface area (Å²) in [4.78, 5) is 0. The van der Waals surface area contributed by atoms with Crippen LogP contribution in [0.15, 0.2) is 30.3 Å². The Kier molecular flexibility index (Phi) is 4.67. The first kappa shape index (κ1) is 16.7. The third-order valence-electron chi connectivity index (χ3n) is 5.01. The molecule has 0 amide bonds. The van der Waals surface area contributed by atoms with Gasteiger partial charge in [0, 0.05) is 12.5 Å². The molecule has 1 aromatic heterocycles. The minimum atomic E-state index is 0.0823. The highest BCUT2D eigenvalue weighted by Crippen LogP contribution is 2.33. The molecule has 4 heteroatoms. The van der Waals surface area contributed by atoms with Crippen molar-refractivity contribution in [2.24, 2.45) is 0 Å². The van der Waals surface area contributed by atoms with Crippen LogP contribution in [0.3, 0.4) is 0 Å². The highest BCUT2D eigenvalue weighted by molar-refractivity contribution is 5.79. The summed E-state index contributed by atoms with van der Waals surface area (Å²) in [5, 5.41) is 18.2. The van der Waals surface area contributed by atoms with Crippen molar-refractivity contribution in [1.82, 2.24) is 15.0 Å². The fourth-order valence-corrected chi connectivity index (χ4v) is 3.51. The zero-order chi connectivity index (χ0) is 17.3. The number of hydrogen-bond donors (Lipinski definition) is 1. The molecule has 0 aliphatic carbocycles. The van der Waals surface area contributed by atoms with Crippen LogP contribution in [0.4, 0.5) is 0 Å². The molecule has 3 rings (SSSR count). The van der Waals surface area contributed by atoms with Gasteiger partial charge in [-0.1, -0.05) is 36.4 Å². The van der Waals surface area contributed by atoms with E-state index in [1.165, 1.54) is 16.7 Å². The van der Waals surface area contributed by atoms with E-state index >= 15 is 0 Å². The van der Waals surface area contributed by atoms with Gasteiger partial charge in [-0.05, 0) is 61.1 Å². The van der Waals surface area contributed by atoms with E-state index in [-0.39, 0.29) is 6.61 Å². The van der Waals surface area contributed by atoms with Crippen LogP contribution in [0.2, 0.25) is 0 Å². The maximum absolute atomic E-state index is 9.57. The molecule has 24 heavy (non-hydrogen) atoms. The van der Waals surface area contributed by atoms with Crippen molar-refractivity contribution in [2.75, 3.05) is 0 Å². The minimum absolute atomic E-state index is 0.0823. The van der Waals surface area contributed by atoms with Crippen molar-refractivity contribution in [3.05, 3.63) is 58.1 Å². The number of fused-ring (bicyclic) bond motifs is 1. The quantitative estimate of drug-likeness (QED) is 0.769. The van der Waals surface area contributed by atoms with E-state index in [9.17, 15) is 5.11 Å². The van der Waals surface area contributed by atoms with Crippen LogP contribution in [0.25, 0.3) is 11.0 Å². The van der Waals surface area contributed by atoms with Gasteiger partial charge in [0.1, 0.15) is 5.52 Å². The van der Waals surface area contributed by atoms with Gasteiger partial charge in [0.15, 0.2) is 0 Å². The van der Waals surface area contributed by atoms with Gasteiger partial charge < -0.3 is 5.11 Å². The monoisotopic (exact) mass is 323 g/mol. The van der Waals surface area contributed by atoms with E-state index < -0.39 is 0 Å². The molecule has 1 heterocycles. The van der Waals surface area contributed by atoms with Crippen molar-refractivity contribution >= 4 is 11.0 Å². The molecule has 0 saturated carbocycles. The molecular formula is C20H25N3O. The van der Waals surface area contributed by atoms with Crippen LogP contribution in [-0.4, -0.2) is 20.1 Å². The van der Waals surface area contributed by atoms with E-state index in [0.29, 0.717) is 5.92 Å². The van der Waals surface area contributed by atoms with Gasteiger partial charge in [-0.3, -0.25) is 0 Å². The molecule has 126 valence electrons. The first-order valence-electron chi connectivity index (χ1n) is 8.63. The Balaban J connectivity index is 2.11. The maximum Gasteiger partial charge on any atom is 0.116 e. The van der Waals surface area contributed by atoms with Gasteiger partial charge in [0.05, 0.1) is 12.1 Å². The topological polar surface area (TPSA) is 50.9 Å². The van der Waals surface area contributed by atoms with Crippen LogP contribution in [0.1, 0.15) is 54.0 Å². The number of rotatable bonds is 5. The normalized spacial score (nSPS) is 12.7. The van der Waals surface area contributed by atoms with Crippen LogP contribution < -0.4 is 0 Å². The molecule has 0 saturated heterocycles. The van der Waals surface area contributed by atoms with E-state index in [4.69, 9.17) is 0 Å². The molecule has 3 aromatic rings. The molecule has 4 nitrogen and oxygen atoms in total. The second-order valence-electron chi connectivity index (χ2n) is 6.36. The Labute approximate surface area is 143 Å². The molecule has 2 aromatic carbocycles. The average molecular weight is 323 g/mol. The summed E-state index contributed by atoms with van der Waals surface area (Å²) in [5.74, 6) is 0.298. The summed E-state index contributed by atoms with van der Waals surface area (Å²) >= 11 is 0. The van der Waals surface area contributed by atoms with E-state index in [1.807, 2.05) is 11.6 Å². The zero-order valence-electron chi connectivity index (χ0n) is 14.9. The highest BCUT2D eigenvalue weighted by atomic mass is 16.3. The van der Waals surface area contributed by atoms with Crippen LogP contribution >= 0.6 is 0 Å². The van der Waals surface area contributed by atoms with Gasteiger partial charge in [-0.25, -0.2) is 4.68 Å². The standard InChI is InChI=1S/C20H25N3O/c1-5-17(15-8-7-13(3)16(11-15)12-24)18-9-10-19-20(14(18)4)21-22-23(19)6-2/h7-11,17,24H,5-6,12H2,1-4H3. The van der Waals surface area contributed by atoms with Crippen molar-refractivity contribution < 1.29 is 5.11 Å². The lowest BCUT2D eigenvalue weighted by molar-refractivity contribution is 0.281. The smallest absolute Gasteiger partial charge is 0.116 e. The third-order valence-corrected chi connectivity index (χ3v) is 5.01. The first-order valence-corrected chi connectivity index (χ1v) is 8.63. The van der Waals surface area contributed by atoms with Crippen molar-refractivity contribution in [3.8, 4) is 0 Å². The fraction of sp³-hybridized carbons (Fsp3) is 0.400. The number of hydrogen-bond acceptors (Lipinski definition) is 3. The summed E-state index contributed by atoms with van der Waals surface area (Å²) in [5.41, 5.74) is 7.95. The Bertz CT molecular complexity index is 867. The van der Waals surface area contributed by atoms with Crippen molar-refractivity contribution in [3.63, 3.8) is 0 Å². The molecule has 0 spiro atoms. The van der Waals surface area contributed by atoms with E-state index in [2.05, 4.69) is 61.4 Å². The van der Waals surface area contributed by atoms with E-state index in [0.717, 1.165) is 35.1 Å². The Morgan fingerprint density at radius 1 is 1.12 bits per heavy atom. The highest BCUT2D eigenvalue weighted by Gasteiger charge is 2.18. The van der Waals surface area contributed by atoms with Crippen molar-refractivity contribution in [2.45, 2.75) is 53.2 Å². The van der Waals surface area contributed by atoms with Crippen LogP contribution in [-0.2, 0) is 13.2 Å². The molecule has 0 aliphatic rings. The Morgan fingerprint density at radius 2 is 1.92 bits per heavy atom. The second kappa shape index (κ2) is 6.73. The van der Waals surface area contributed by atoms with Gasteiger partial charge >= 0.3 is 0 Å². The van der Waals surface area contributed by atoms with Gasteiger partial charge in [0.25, 0.3) is 0 Å². The largest absolute Gasteiger partial charge is 0.392 e. The lowest BCUT2D eigenvalue weighted by Gasteiger charge is -2.20. The molecule has 1 atom stereocenters. The lowest BCUT2D eigenvalue weighted by Crippen LogP contribution is -2.04. The van der Waals surface area contributed by atoms with Crippen molar-refractivity contribution in [1.29, 1.82) is 0 Å². The maximum atomic E-state index is 9.57. The number of aliphatic hydroxyl groups excluding tert-OH is 1. The molecule has 0 fully saturated rings. The van der Waals surface area contributed by atoms with Crippen LogP contribution in [0, 0.1) is 13.8 Å². The molecular weight excluding hydrogens is 298 g/mol. The van der Waals surface area contributed by atoms with E-state index in [1.54, 1.807) is 0 Å². The molecule has 1 N–H and O–H groups in total. The van der Waals surface area contributed by atoms with Gasteiger partial charge in [-0.2, -0.15) is 0 Å². The predicted octanol–water partition coefficient (Wildman–Crippen LogP) is 4.10. The lowest BCUT2D eigenvalue weighted by atomic mass is 9.85. The predicted molar refractivity (Wildman–Crippen MR) is 97.2 cm³/mol. The number of aromatic nitrogens is 3.